The van der Waals surface area contributed by atoms with Gasteiger partial charge in [-0.25, -0.2) is 13.1 Å². The third-order valence-corrected chi connectivity index (χ3v) is 5.29. The zero-order valence-corrected chi connectivity index (χ0v) is 12.0. The number of halogens is 1. The van der Waals surface area contributed by atoms with Crippen LogP contribution in [0.4, 0.5) is 5.69 Å². The fraction of sp³-hybridized carbons (Fsp3) is 0.500. The Kier molecular flexibility index (Phi) is 3.34. The molecule has 100 valence electrons. The Morgan fingerprint density at radius 2 is 2.00 bits per heavy atom. The van der Waals surface area contributed by atoms with Gasteiger partial charge in [-0.2, -0.15) is 0 Å². The maximum absolute atomic E-state index is 12.2. The van der Waals surface area contributed by atoms with Crippen LogP contribution in [0.3, 0.4) is 0 Å². The highest BCUT2D eigenvalue weighted by Gasteiger charge is 2.40. The van der Waals surface area contributed by atoms with Crippen LogP contribution in [0.15, 0.2) is 23.1 Å². The van der Waals surface area contributed by atoms with Crippen molar-refractivity contribution < 1.29 is 8.42 Å². The normalized spacial score (nSPS) is 16.8. The molecule has 0 amide bonds. The minimum absolute atomic E-state index is 0.151. The minimum Gasteiger partial charge on any atom is -0.397 e. The highest BCUT2D eigenvalue weighted by Crippen LogP contribution is 2.40. The molecule has 3 N–H and O–H groups in total. The van der Waals surface area contributed by atoms with Crippen LogP contribution in [0.2, 0.25) is 5.02 Å². The Labute approximate surface area is 113 Å². The standard InChI is InChI=1S/C12H17ClN2O2S/c1-12(2,8-3-4-8)15-18(16,17)9-5-6-10(13)11(14)7-9/h5-8,15H,3-4,14H2,1-2H3. The van der Waals surface area contributed by atoms with Gasteiger partial charge in [0, 0.05) is 5.54 Å². The van der Waals surface area contributed by atoms with Crippen LogP contribution in [0.1, 0.15) is 26.7 Å². The van der Waals surface area contributed by atoms with Crippen LogP contribution in [0.5, 0.6) is 0 Å². The molecule has 1 fully saturated rings. The quantitative estimate of drug-likeness (QED) is 0.836. The van der Waals surface area contributed by atoms with Gasteiger partial charge in [-0.05, 0) is 50.8 Å². The molecule has 0 radical (unpaired) electrons. The number of rotatable bonds is 4. The molecule has 18 heavy (non-hydrogen) atoms. The molecule has 0 atom stereocenters. The lowest BCUT2D eigenvalue weighted by Gasteiger charge is -2.25. The van der Waals surface area contributed by atoms with Crippen molar-refractivity contribution in [2.75, 3.05) is 5.73 Å². The van der Waals surface area contributed by atoms with Gasteiger partial charge in [-0.15, -0.1) is 0 Å². The summed E-state index contributed by atoms with van der Waals surface area (Å²) in [5.74, 6) is 0.414. The van der Waals surface area contributed by atoms with E-state index in [0.717, 1.165) is 12.8 Å². The summed E-state index contributed by atoms with van der Waals surface area (Å²) in [6, 6.07) is 4.34. The average Bonchev–Trinajstić information content (AvgIpc) is 3.03. The highest BCUT2D eigenvalue weighted by molar-refractivity contribution is 7.89. The van der Waals surface area contributed by atoms with Crippen molar-refractivity contribution >= 4 is 27.3 Å². The van der Waals surface area contributed by atoms with E-state index in [4.69, 9.17) is 17.3 Å². The molecule has 1 aliphatic rings. The number of nitrogens with two attached hydrogens (primary N) is 1. The van der Waals surface area contributed by atoms with Crippen LogP contribution >= 0.6 is 11.6 Å². The Balaban J connectivity index is 2.27. The highest BCUT2D eigenvalue weighted by atomic mass is 35.5. The smallest absolute Gasteiger partial charge is 0.241 e. The molecular formula is C12H17ClN2O2S. The van der Waals surface area contributed by atoms with Crippen molar-refractivity contribution in [2.24, 2.45) is 5.92 Å². The second kappa shape index (κ2) is 4.40. The molecule has 0 heterocycles. The zero-order chi connectivity index (χ0) is 13.6. The van der Waals surface area contributed by atoms with E-state index < -0.39 is 15.6 Å². The molecule has 1 aliphatic carbocycles. The van der Waals surface area contributed by atoms with Gasteiger partial charge in [-0.1, -0.05) is 11.6 Å². The molecule has 0 bridgehead atoms. The molecule has 6 heteroatoms. The van der Waals surface area contributed by atoms with Gasteiger partial charge in [-0.3, -0.25) is 0 Å². The second-order valence-electron chi connectivity index (χ2n) is 5.28. The van der Waals surface area contributed by atoms with E-state index in [0.29, 0.717) is 10.9 Å². The van der Waals surface area contributed by atoms with Gasteiger partial charge < -0.3 is 5.73 Å². The maximum Gasteiger partial charge on any atom is 0.241 e. The molecule has 0 spiro atoms. The summed E-state index contributed by atoms with van der Waals surface area (Å²) >= 11 is 5.78. The number of hydrogen-bond donors (Lipinski definition) is 2. The van der Waals surface area contributed by atoms with Crippen molar-refractivity contribution in [1.82, 2.24) is 4.72 Å². The summed E-state index contributed by atoms with van der Waals surface area (Å²) in [6.45, 7) is 3.81. The van der Waals surface area contributed by atoms with Gasteiger partial charge in [0.25, 0.3) is 0 Å². The van der Waals surface area contributed by atoms with Crippen molar-refractivity contribution in [3.63, 3.8) is 0 Å². The van der Waals surface area contributed by atoms with E-state index in [-0.39, 0.29) is 10.6 Å². The number of nitrogens with one attached hydrogen (secondary N) is 1. The maximum atomic E-state index is 12.2. The monoisotopic (exact) mass is 288 g/mol. The van der Waals surface area contributed by atoms with Crippen LogP contribution in [0.25, 0.3) is 0 Å². The molecule has 4 nitrogen and oxygen atoms in total. The lowest BCUT2D eigenvalue weighted by Crippen LogP contribution is -2.45. The lowest BCUT2D eigenvalue weighted by atomic mass is 10.0. The Morgan fingerprint density at radius 1 is 1.39 bits per heavy atom. The van der Waals surface area contributed by atoms with E-state index in [9.17, 15) is 8.42 Å². The number of hydrogen-bond acceptors (Lipinski definition) is 3. The minimum atomic E-state index is -3.55. The number of nitrogen functional groups attached to an aromatic ring is 1. The number of benzene rings is 1. The fourth-order valence-electron chi connectivity index (χ4n) is 1.98. The third kappa shape index (κ3) is 2.79. The molecule has 0 saturated heterocycles. The van der Waals surface area contributed by atoms with E-state index in [1.54, 1.807) is 0 Å². The van der Waals surface area contributed by atoms with E-state index >= 15 is 0 Å². The molecule has 2 rings (SSSR count). The summed E-state index contributed by atoms with van der Waals surface area (Å²) < 4.78 is 27.2. The van der Waals surface area contributed by atoms with Crippen LogP contribution in [0, 0.1) is 5.92 Å². The molecule has 1 saturated carbocycles. The Hall–Kier alpha value is -0.780. The second-order valence-corrected chi connectivity index (χ2v) is 7.37. The first kappa shape index (κ1) is 13.6. The first-order valence-corrected chi connectivity index (χ1v) is 7.67. The zero-order valence-electron chi connectivity index (χ0n) is 10.4. The summed E-state index contributed by atoms with van der Waals surface area (Å²) in [5, 5.41) is 0.357. The predicted molar refractivity (Wildman–Crippen MR) is 73.0 cm³/mol. The van der Waals surface area contributed by atoms with Gasteiger partial charge >= 0.3 is 0 Å². The van der Waals surface area contributed by atoms with Gasteiger partial charge in [0.1, 0.15) is 0 Å². The predicted octanol–water partition coefficient (Wildman–Crippen LogP) is 2.39. The topological polar surface area (TPSA) is 72.2 Å². The number of sulfonamides is 1. The fourth-order valence-corrected chi connectivity index (χ4v) is 3.61. The molecule has 0 unspecified atom stereocenters. The van der Waals surface area contributed by atoms with Crippen LogP contribution < -0.4 is 10.5 Å². The Morgan fingerprint density at radius 3 is 2.50 bits per heavy atom. The third-order valence-electron chi connectivity index (χ3n) is 3.27. The van der Waals surface area contributed by atoms with Crippen LogP contribution in [-0.4, -0.2) is 14.0 Å². The van der Waals surface area contributed by atoms with Crippen molar-refractivity contribution in [2.45, 2.75) is 37.1 Å². The summed E-state index contributed by atoms with van der Waals surface area (Å²) in [7, 11) is -3.55. The van der Waals surface area contributed by atoms with Crippen LogP contribution in [-0.2, 0) is 10.0 Å². The molecular weight excluding hydrogens is 272 g/mol. The summed E-state index contributed by atoms with van der Waals surface area (Å²) in [4.78, 5) is 0.151. The SMILES string of the molecule is CC(C)(NS(=O)(=O)c1ccc(Cl)c(N)c1)C1CC1. The summed E-state index contributed by atoms with van der Waals surface area (Å²) in [5.41, 5.74) is 5.47. The van der Waals surface area contributed by atoms with Gasteiger partial charge in [0.15, 0.2) is 0 Å². The van der Waals surface area contributed by atoms with Crippen molar-refractivity contribution in [3.8, 4) is 0 Å². The lowest BCUT2D eigenvalue weighted by molar-refractivity contribution is 0.400. The number of anilines is 1. The molecule has 1 aromatic carbocycles. The van der Waals surface area contributed by atoms with E-state index in [2.05, 4.69) is 4.72 Å². The first-order valence-electron chi connectivity index (χ1n) is 5.81. The van der Waals surface area contributed by atoms with Crippen molar-refractivity contribution in [3.05, 3.63) is 23.2 Å². The van der Waals surface area contributed by atoms with Crippen molar-refractivity contribution in [1.29, 1.82) is 0 Å². The van der Waals surface area contributed by atoms with Gasteiger partial charge in [0.2, 0.25) is 10.0 Å². The average molecular weight is 289 g/mol. The summed E-state index contributed by atoms with van der Waals surface area (Å²) in [6.07, 6.45) is 2.14. The molecule has 1 aromatic rings. The first-order chi connectivity index (χ1) is 8.22. The molecule has 0 aromatic heterocycles. The molecule has 0 aliphatic heterocycles. The van der Waals surface area contributed by atoms with Gasteiger partial charge in [0.05, 0.1) is 15.6 Å². The van der Waals surface area contributed by atoms with E-state index in [1.165, 1.54) is 18.2 Å². The van der Waals surface area contributed by atoms with E-state index in [1.807, 2.05) is 13.8 Å². The largest absolute Gasteiger partial charge is 0.397 e. The Bertz CT molecular complexity index is 565.